The minimum absolute atomic E-state index is 0.130. The van der Waals surface area contributed by atoms with E-state index in [2.05, 4.69) is 32.1 Å². The summed E-state index contributed by atoms with van der Waals surface area (Å²) in [6.45, 7) is 16.4. The van der Waals surface area contributed by atoms with Crippen LogP contribution in [-0.4, -0.2) is 25.2 Å². The molecule has 0 radical (unpaired) electrons. The number of phenolic OH excluding ortho intramolecular Hbond substituents is 1. The summed E-state index contributed by atoms with van der Waals surface area (Å²) in [4.78, 5) is 9.98. The molecule has 0 aliphatic heterocycles. The standard InChI is InChI=1S/C21H28O3.C4H7NO.3C2H6/c1-5-15-8-11-18(24-4)20(22)19(15)21-12-6-7-14(2)17(21)10-9-16(13-21)23-3;5-4(6)3-1-2-3;3*1-2/h8-11,14,22H,5-7,12-13H2,1-4H3;3H,1-2H2,(H2,5,6);3*1-2H3. The Hall–Kier alpha value is -2.43. The lowest BCUT2D eigenvalue weighted by molar-refractivity contribution is -0.119. The molecule has 206 valence electrons. The summed E-state index contributed by atoms with van der Waals surface area (Å²) in [5.41, 5.74) is 8.35. The average Bonchev–Trinajstić information content (AvgIpc) is 3.78. The first-order chi connectivity index (χ1) is 17.4. The van der Waals surface area contributed by atoms with E-state index in [1.807, 2.05) is 47.6 Å². The quantitative estimate of drug-likeness (QED) is 0.429. The fourth-order valence-electron chi connectivity index (χ4n) is 5.01. The number of hydrogen-bond acceptors (Lipinski definition) is 4. The van der Waals surface area contributed by atoms with Crippen LogP contribution in [0.4, 0.5) is 0 Å². The van der Waals surface area contributed by atoms with Gasteiger partial charge in [-0.3, -0.25) is 4.79 Å². The summed E-state index contributed by atoms with van der Waals surface area (Å²) in [7, 11) is 3.35. The Bertz CT molecular complexity index is 854. The lowest BCUT2D eigenvalue weighted by Crippen LogP contribution is -2.38. The summed E-state index contributed by atoms with van der Waals surface area (Å²) >= 11 is 0. The number of allylic oxidation sites excluding steroid dienone is 4. The Labute approximate surface area is 221 Å². The van der Waals surface area contributed by atoms with Gasteiger partial charge in [-0.2, -0.15) is 0 Å². The Balaban J connectivity index is 0.000000859. The van der Waals surface area contributed by atoms with E-state index in [-0.39, 0.29) is 17.2 Å². The number of aryl methyl sites for hydroxylation is 1. The van der Waals surface area contributed by atoms with Crippen LogP contribution < -0.4 is 10.5 Å². The van der Waals surface area contributed by atoms with Crippen LogP contribution in [0.3, 0.4) is 0 Å². The Morgan fingerprint density at radius 3 is 2.08 bits per heavy atom. The van der Waals surface area contributed by atoms with Crippen molar-refractivity contribution in [1.82, 2.24) is 0 Å². The molecule has 1 aromatic rings. The molecule has 2 fully saturated rings. The molecule has 3 aliphatic carbocycles. The number of carbonyl (C=O) groups excluding carboxylic acids is 1. The third kappa shape index (κ3) is 8.04. The molecule has 5 nitrogen and oxygen atoms in total. The second-order valence-electron chi connectivity index (χ2n) is 8.69. The number of fused-ring (bicyclic) bond motifs is 1. The van der Waals surface area contributed by atoms with E-state index in [0.29, 0.717) is 17.4 Å². The van der Waals surface area contributed by atoms with Gasteiger partial charge in [0.2, 0.25) is 5.91 Å². The van der Waals surface area contributed by atoms with E-state index in [4.69, 9.17) is 15.2 Å². The van der Waals surface area contributed by atoms with E-state index in [1.165, 1.54) is 17.6 Å². The second kappa shape index (κ2) is 17.1. The van der Waals surface area contributed by atoms with Crippen LogP contribution in [0.5, 0.6) is 11.5 Å². The predicted octanol–water partition coefficient (Wildman–Crippen LogP) is 7.84. The number of phenols is 1. The van der Waals surface area contributed by atoms with Crippen molar-refractivity contribution in [1.29, 1.82) is 0 Å². The SMILES string of the molecule is CC.CC.CC.CCc1ccc(OC)c(O)c1C12CCCC(C)C1=CC=C(OC)C2.NC(=O)C1CC1. The van der Waals surface area contributed by atoms with Gasteiger partial charge >= 0.3 is 0 Å². The molecule has 3 N–H and O–H groups in total. The molecule has 2 saturated carbocycles. The van der Waals surface area contributed by atoms with E-state index < -0.39 is 0 Å². The maximum Gasteiger partial charge on any atom is 0.220 e. The second-order valence-corrected chi connectivity index (χ2v) is 8.69. The summed E-state index contributed by atoms with van der Waals surface area (Å²) in [5, 5.41) is 11.0. The number of hydrogen-bond donors (Lipinski definition) is 2. The normalized spacial score (nSPS) is 21.4. The molecule has 0 heterocycles. The highest BCUT2D eigenvalue weighted by molar-refractivity contribution is 5.78. The summed E-state index contributed by atoms with van der Waals surface area (Å²) in [5.74, 6) is 2.47. The first-order valence-electron chi connectivity index (χ1n) is 14.0. The van der Waals surface area contributed by atoms with Crippen LogP contribution in [0.2, 0.25) is 0 Å². The van der Waals surface area contributed by atoms with E-state index in [1.54, 1.807) is 14.2 Å². The van der Waals surface area contributed by atoms with Crippen molar-refractivity contribution < 1.29 is 19.4 Å². The molecule has 2 atom stereocenters. The van der Waals surface area contributed by atoms with Crippen LogP contribution in [0.15, 0.2) is 35.6 Å². The fraction of sp³-hybridized carbons (Fsp3) is 0.645. The Kier molecular flexibility index (Phi) is 15.9. The van der Waals surface area contributed by atoms with Crippen molar-refractivity contribution in [2.24, 2.45) is 17.6 Å². The largest absolute Gasteiger partial charge is 0.504 e. The minimum atomic E-state index is -0.179. The highest BCUT2D eigenvalue weighted by Gasteiger charge is 2.46. The van der Waals surface area contributed by atoms with Crippen molar-refractivity contribution >= 4 is 5.91 Å². The first kappa shape index (κ1) is 33.6. The molecular weight excluding hydrogens is 450 g/mol. The van der Waals surface area contributed by atoms with Crippen molar-refractivity contribution in [2.45, 2.75) is 106 Å². The minimum Gasteiger partial charge on any atom is -0.504 e. The molecule has 1 aromatic carbocycles. The van der Waals surface area contributed by atoms with Gasteiger partial charge in [0.1, 0.15) is 0 Å². The summed E-state index contributed by atoms with van der Waals surface area (Å²) < 4.78 is 11.0. The van der Waals surface area contributed by atoms with Crippen LogP contribution >= 0.6 is 0 Å². The van der Waals surface area contributed by atoms with Crippen molar-refractivity contribution in [3.05, 3.63) is 46.7 Å². The van der Waals surface area contributed by atoms with Crippen molar-refractivity contribution in [3.63, 3.8) is 0 Å². The van der Waals surface area contributed by atoms with Gasteiger partial charge in [0.05, 0.1) is 20.0 Å². The molecule has 0 spiro atoms. The fourth-order valence-corrected chi connectivity index (χ4v) is 5.01. The van der Waals surface area contributed by atoms with Crippen LogP contribution in [0, 0.1) is 11.8 Å². The van der Waals surface area contributed by atoms with Crippen LogP contribution in [0.25, 0.3) is 0 Å². The van der Waals surface area contributed by atoms with E-state index in [0.717, 1.165) is 49.8 Å². The molecule has 5 heteroatoms. The third-order valence-electron chi connectivity index (χ3n) is 6.80. The van der Waals surface area contributed by atoms with E-state index >= 15 is 0 Å². The van der Waals surface area contributed by atoms with Gasteiger partial charge in [-0.05, 0) is 55.7 Å². The lowest BCUT2D eigenvalue weighted by atomic mass is 9.58. The zero-order valence-corrected chi connectivity index (χ0v) is 24.7. The van der Waals surface area contributed by atoms with Gasteiger partial charge in [-0.1, -0.05) is 79.5 Å². The molecule has 36 heavy (non-hydrogen) atoms. The predicted molar refractivity (Wildman–Crippen MR) is 152 cm³/mol. The number of amides is 1. The van der Waals surface area contributed by atoms with Gasteiger partial charge < -0.3 is 20.3 Å². The maximum atomic E-state index is 11.0. The maximum absolute atomic E-state index is 11.0. The van der Waals surface area contributed by atoms with Gasteiger partial charge in [0.15, 0.2) is 11.5 Å². The van der Waals surface area contributed by atoms with E-state index in [9.17, 15) is 9.90 Å². The van der Waals surface area contributed by atoms with Gasteiger partial charge in [-0.25, -0.2) is 0 Å². The number of nitrogens with two attached hydrogens (primary N) is 1. The summed E-state index contributed by atoms with van der Waals surface area (Å²) in [6.07, 6.45) is 11.5. The zero-order valence-electron chi connectivity index (χ0n) is 24.7. The number of ether oxygens (including phenoxy) is 2. The van der Waals surface area contributed by atoms with Gasteiger partial charge in [-0.15, -0.1) is 0 Å². The van der Waals surface area contributed by atoms with Crippen molar-refractivity contribution in [3.8, 4) is 11.5 Å². The molecule has 0 aromatic heterocycles. The Morgan fingerprint density at radius 1 is 1.03 bits per heavy atom. The molecule has 1 amide bonds. The van der Waals surface area contributed by atoms with Crippen LogP contribution in [0.1, 0.15) is 105 Å². The smallest absolute Gasteiger partial charge is 0.220 e. The number of aromatic hydroxyl groups is 1. The number of carbonyl (C=O) groups is 1. The average molecular weight is 504 g/mol. The Morgan fingerprint density at radius 2 is 1.64 bits per heavy atom. The highest BCUT2D eigenvalue weighted by atomic mass is 16.5. The lowest BCUT2D eigenvalue weighted by Gasteiger charge is -2.46. The monoisotopic (exact) mass is 503 g/mol. The van der Waals surface area contributed by atoms with Gasteiger partial charge in [0.25, 0.3) is 0 Å². The number of benzene rings is 1. The number of methoxy groups -OCH3 is 2. The van der Waals surface area contributed by atoms with Gasteiger partial charge in [0, 0.05) is 23.3 Å². The molecular formula is C31H53NO4. The number of rotatable bonds is 5. The molecule has 0 saturated heterocycles. The highest BCUT2D eigenvalue weighted by Crippen LogP contribution is 2.56. The molecule has 4 rings (SSSR count). The topological polar surface area (TPSA) is 81.8 Å². The first-order valence-corrected chi connectivity index (χ1v) is 14.0. The van der Waals surface area contributed by atoms with Crippen LogP contribution in [-0.2, 0) is 21.4 Å². The third-order valence-corrected chi connectivity index (χ3v) is 6.80. The molecule has 2 unspecified atom stereocenters. The number of primary amides is 1. The van der Waals surface area contributed by atoms with Crippen molar-refractivity contribution in [2.75, 3.05) is 14.2 Å². The zero-order chi connectivity index (χ0) is 27.9. The molecule has 0 bridgehead atoms. The summed E-state index contributed by atoms with van der Waals surface area (Å²) in [6, 6.07) is 3.98. The molecule has 3 aliphatic rings.